The van der Waals surface area contributed by atoms with E-state index in [4.69, 9.17) is 0 Å². The topological polar surface area (TPSA) is 81.8 Å². The van der Waals surface area contributed by atoms with Crippen LogP contribution in [0.15, 0.2) is 29.2 Å². The summed E-state index contributed by atoms with van der Waals surface area (Å²) in [6.07, 6.45) is 1.14. The molecule has 0 aliphatic carbocycles. The van der Waals surface area contributed by atoms with Gasteiger partial charge in [0.15, 0.2) is 9.84 Å². The van der Waals surface area contributed by atoms with Crippen LogP contribution in [-0.2, 0) is 9.84 Å². The van der Waals surface area contributed by atoms with E-state index in [-0.39, 0.29) is 17.0 Å². The number of anilines is 1. The predicted molar refractivity (Wildman–Crippen MR) is 95.1 cm³/mol. The van der Waals surface area contributed by atoms with Crippen molar-refractivity contribution in [2.75, 3.05) is 51.3 Å². The van der Waals surface area contributed by atoms with Gasteiger partial charge in [0.1, 0.15) is 0 Å². The summed E-state index contributed by atoms with van der Waals surface area (Å²) in [5.41, 5.74) is 0.460. The fourth-order valence-electron chi connectivity index (χ4n) is 2.66. The van der Waals surface area contributed by atoms with Crippen LogP contribution in [0.5, 0.6) is 0 Å². The van der Waals surface area contributed by atoms with Crippen LogP contribution in [0, 0.1) is 0 Å². The van der Waals surface area contributed by atoms with Crippen LogP contribution in [0.3, 0.4) is 0 Å². The number of nitrogens with one attached hydrogen (secondary N) is 2. The molecule has 0 radical (unpaired) electrons. The maximum Gasteiger partial charge on any atom is 0.319 e. The van der Waals surface area contributed by atoms with Crippen LogP contribution >= 0.6 is 0 Å². The largest absolute Gasteiger partial charge is 0.334 e. The summed E-state index contributed by atoms with van der Waals surface area (Å²) < 4.78 is 23.1. The zero-order valence-electron chi connectivity index (χ0n) is 14.4. The number of benzene rings is 1. The molecular weight excluding hydrogens is 328 g/mol. The van der Waals surface area contributed by atoms with Crippen molar-refractivity contribution in [3.05, 3.63) is 24.3 Å². The van der Waals surface area contributed by atoms with Crippen LogP contribution in [0.2, 0.25) is 0 Å². The minimum atomic E-state index is -3.29. The van der Waals surface area contributed by atoms with Crippen molar-refractivity contribution in [2.45, 2.75) is 17.9 Å². The number of hydrogen-bond acceptors (Lipinski definition) is 5. The molecular formula is C16H26N4O3S. The van der Waals surface area contributed by atoms with Gasteiger partial charge in [-0.1, -0.05) is 6.07 Å². The predicted octanol–water partition coefficient (Wildman–Crippen LogP) is 0.848. The van der Waals surface area contributed by atoms with E-state index >= 15 is 0 Å². The molecule has 0 unspecified atom stereocenters. The molecule has 2 rings (SSSR count). The molecule has 1 aromatic rings. The standard InChI is InChI=1S/C16H26N4O3S/c1-13(12-20-9-7-19(2)8-10-20)17-16(21)18-14-5-4-6-15(11-14)24(3,22)23/h4-6,11,13H,7-10,12H2,1-3H3,(H2,17,18,21)/t13-/m1/s1. The van der Waals surface area contributed by atoms with Crippen LogP contribution in [0.4, 0.5) is 10.5 Å². The number of hydrogen-bond donors (Lipinski definition) is 2. The summed E-state index contributed by atoms with van der Waals surface area (Å²) in [4.78, 5) is 16.9. The molecule has 134 valence electrons. The van der Waals surface area contributed by atoms with E-state index in [1.165, 1.54) is 12.1 Å². The summed E-state index contributed by atoms with van der Waals surface area (Å²) in [5, 5.41) is 5.58. The fraction of sp³-hybridized carbons (Fsp3) is 0.562. The highest BCUT2D eigenvalue weighted by atomic mass is 32.2. The summed E-state index contributed by atoms with van der Waals surface area (Å²) in [7, 11) is -1.18. The number of carbonyl (C=O) groups is 1. The molecule has 1 saturated heterocycles. The summed E-state index contributed by atoms with van der Waals surface area (Å²) in [6.45, 7) is 6.84. The average molecular weight is 354 g/mol. The Hall–Kier alpha value is -1.64. The first-order chi connectivity index (χ1) is 11.2. The quantitative estimate of drug-likeness (QED) is 0.819. The van der Waals surface area contributed by atoms with Gasteiger partial charge in [0.25, 0.3) is 0 Å². The molecule has 2 amide bonds. The molecule has 2 N–H and O–H groups in total. The van der Waals surface area contributed by atoms with Crippen molar-refractivity contribution in [2.24, 2.45) is 0 Å². The van der Waals surface area contributed by atoms with E-state index in [0.717, 1.165) is 39.0 Å². The molecule has 1 aliphatic rings. The smallest absolute Gasteiger partial charge is 0.319 e. The van der Waals surface area contributed by atoms with Crippen molar-refractivity contribution in [3.8, 4) is 0 Å². The first-order valence-corrected chi connectivity index (χ1v) is 9.92. The molecule has 7 nitrogen and oxygen atoms in total. The van der Waals surface area contributed by atoms with E-state index in [1.807, 2.05) is 6.92 Å². The van der Waals surface area contributed by atoms with Gasteiger partial charge in [-0.3, -0.25) is 4.90 Å². The highest BCUT2D eigenvalue weighted by molar-refractivity contribution is 7.90. The van der Waals surface area contributed by atoms with Gasteiger partial charge < -0.3 is 15.5 Å². The number of nitrogens with zero attached hydrogens (tertiary/aromatic N) is 2. The number of piperazine rings is 1. The minimum Gasteiger partial charge on any atom is -0.334 e. The molecule has 0 saturated carbocycles. The van der Waals surface area contributed by atoms with E-state index in [2.05, 4.69) is 27.5 Å². The second-order valence-electron chi connectivity index (χ2n) is 6.40. The lowest BCUT2D eigenvalue weighted by Gasteiger charge is -2.34. The molecule has 1 atom stereocenters. The third kappa shape index (κ3) is 5.77. The Morgan fingerprint density at radius 1 is 1.25 bits per heavy atom. The number of likely N-dealkylation sites (N-methyl/N-ethyl adjacent to an activating group) is 1. The Morgan fingerprint density at radius 2 is 1.92 bits per heavy atom. The van der Waals surface area contributed by atoms with Crippen molar-refractivity contribution in [1.82, 2.24) is 15.1 Å². The maximum absolute atomic E-state index is 12.1. The van der Waals surface area contributed by atoms with Gasteiger partial charge >= 0.3 is 6.03 Å². The Labute approximate surface area is 143 Å². The monoisotopic (exact) mass is 354 g/mol. The Balaban J connectivity index is 1.84. The summed E-state index contributed by atoms with van der Waals surface area (Å²) in [5.74, 6) is 0. The Morgan fingerprint density at radius 3 is 2.54 bits per heavy atom. The Bertz CT molecular complexity index is 670. The molecule has 1 aromatic carbocycles. The van der Waals surface area contributed by atoms with E-state index in [9.17, 15) is 13.2 Å². The number of urea groups is 1. The number of carbonyl (C=O) groups excluding carboxylic acids is 1. The normalized spacial score (nSPS) is 18.1. The van der Waals surface area contributed by atoms with Gasteiger partial charge in [-0.2, -0.15) is 0 Å². The molecule has 0 aromatic heterocycles. The average Bonchev–Trinajstić information content (AvgIpc) is 2.49. The SMILES string of the molecule is C[C@H](CN1CCN(C)CC1)NC(=O)Nc1cccc(S(C)(=O)=O)c1. The molecule has 0 bridgehead atoms. The molecule has 1 aliphatic heterocycles. The summed E-state index contributed by atoms with van der Waals surface area (Å²) >= 11 is 0. The van der Waals surface area contributed by atoms with Crippen LogP contribution in [0.1, 0.15) is 6.92 Å². The van der Waals surface area contributed by atoms with Gasteiger partial charge in [0, 0.05) is 50.7 Å². The van der Waals surface area contributed by atoms with E-state index in [1.54, 1.807) is 12.1 Å². The maximum atomic E-state index is 12.1. The number of sulfone groups is 1. The highest BCUT2D eigenvalue weighted by Gasteiger charge is 2.17. The lowest BCUT2D eigenvalue weighted by atomic mass is 10.2. The van der Waals surface area contributed by atoms with Gasteiger partial charge in [0.2, 0.25) is 0 Å². The zero-order chi connectivity index (χ0) is 17.7. The lowest BCUT2D eigenvalue weighted by molar-refractivity contribution is 0.145. The summed E-state index contributed by atoms with van der Waals surface area (Å²) in [6, 6.07) is 5.92. The fourth-order valence-corrected chi connectivity index (χ4v) is 3.33. The van der Waals surface area contributed by atoms with Gasteiger partial charge in [-0.05, 0) is 32.2 Å². The molecule has 8 heteroatoms. The zero-order valence-corrected chi connectivity index (χ0v) is 15.3. The van der Waals surface area contributed by atoms with Crippen molar-refractivity contribution >= 4 is 21.6 Å². The molecule has 1 heterocycles. The second-order valence-corrected chi connectivity index (χ2v) is 8.42. The third-order valence-electron chi connectivity index (χ3n) is 4.03. The van der Waals surface area contributed by atoms with E-state index < -0.39 is 9.84 Å². The molecule has 24 heavy (non-hydrogen) atoms. The number of rotatable bonds is 5. The van der Waals surface area contributed by atoms with Gasteiger partial charge in [-0.15, -0.1) is 0 Å². The highest BCUT2D eigenvalue weighted by Crippen LogP contribution is 2.15. The van der Waals surface area contributed by atoms with Gasteiger partial charge in [0.05, 0.1) is 4.90 Å². The second kappa shape index (κ2) is 7.96. The first kappa shape index (κ1) is 18.7. The van der Waals surface area contributed by atoms with Crippen molar-refractivity contribution < 1.29 is 13.2 Å². The van der Waals surface area contributed by atoms with Crippen LogP contribution in [-0.4, -0.2) is 76.3 Å². The lowest BCUT2D eigenvalue weighted by Crippen LogP contribution is -2.50. The van der Waals surface area contributed by atoms with Gasteiger partial charge in [-0.25, -0.2) is 13.2 Å². The molecule has 1 fully saturated rings. The first-order valence-electron chi connectivity index (χ1n) is 8.02. The van der Waals surface area contributed by atoms with Crippen molar-refractivity contribution in [3.63, 3.8) is 0 Å². The number of amides is 2. The molecule has 0 spiro atoms. The van der Waals surface area contributed by atoms with E-state index in [0.29, 0.717) is 5.69 Å². The van der Waals surface area contributed by atoms with Crippen LogP contribution < -0.4 is 10.6 Å². The van der Waals surface area contributed by atoms with Crippen LogP contribution in [0.25, 0.3) is 0 Å². The Kier molecular flexibility index (Phi) is 6.20. The minimum absolute atomic E-state index is 0.00602. The van der Waals surface area contributed by atoms with Crippen molar-refractivity contribution in [1.29, 1.82) is 0 Å². The third-order valence-corrected chi connectivity index (χ3v) is 5.14.